The second-order valence-corrected chi connectivity index (χ2v) is 14.6. The molecule has 186 valence electrons. The molecule has 0 aliphatic carbocycles. The smallest absolute Gasteiger partial charge is 0.308 e. The molecule has 1 atom stereocenters. The Bertz CT molecular complexity index is 1170. The van der Waals surface area contributed by atoms with Crippen molar-refractivity contribution in [2.45, 2.75) is 60.5 Å². The number of thiophene rings is 1. The van der Waals surface area contributed by atoms with E-state index in [0.29, 0.717) is 5.56 Å². The predicted molar refractivity (Wildman–Crippen MR) is 138 cm³/mol. The molecule has 34 heavy (non-hydrogen) atoms. The van der Waals surface area contributed by atoms with Crippen LogP contribution in [0.1, 0.15) is 63.2 Å². The van der Waals surface area contributed by atoms with Gasteiger partial charge in [-0.1, -0.05) is 65.8 Å². The average Bonchev–Trinajstić information content (AvgIpc) is 3.07. The van der Waals surface area contributed by atoms with Gasteiger partial charge in [-0.05, 0) is 58.9 Å². The molecule has 0 N–H and O–H groups in total. The third kappa shape index (κ3) is 6.75. The minimum atomic E-state index is -3.72. The molecule has 0 saturated carbocycles. The third-order valence-electron chi connectivity index (χ3n) is 5.33. The summed E-state index contributed by atoms with van der Waals surface area (Å²) in [4.78, 5) is 0.886. The molecule has 2 aromatic carbocycles. The Balaban J connectivity index is 2.14. The first-order chi connectivity index (χ1) is 15.7. The summed E-state index contributed by atoms with van der Waals surface area (Å²) in [5, 5.41) is 1.08. The average molecular weight is 509 g/mol. The molecular formula is C27H35F2O3PS. The lowest BCUT2D eigenvalue weighted by Crippen LogP contribution is -2.20. The van der Waals surface area contributed by atoms with Crippen LogP contribution in [0.4, 0.5) is 8.78 Å². The number of aryl methyl sites for hydroxylation is 1. The maximum Gasteiger partial charge on any atom is 0.339 e. The molecular weight excluding hydrogens is 473 g/mol. The van der Waals surface area contributed by atoms with Gasteiger partial charge in [0.05, 0.1) is 18.9 Å². The maximum atomic E-state index is 14.6. The second kappa shape index (κ2) is 10.2. The summed E-state index contributed by atoms with van der Waals surface area (Å²) < 4.78 is 55.7. The topological polar surface area (TPSA) is 35.5 Å². The first-order valence-electron chi connectivity index (χ1n) is 11.5. The fourth-order valence-corrected chi connectivity index (χ4v) is 7.76. The van der Waals surface area contributed by atoms with Crippen LogP contribution in [-0.4, -0.2) is 13.2 Å². The highest BCUT2D eigenvalue weighted by atomic mass is 32.1. The van der Waals surface area contributed by atoms with E-state index in [2.05, 4.69) is 0 Å². The van der Waals surface area contributed by atoms with E-state index in [0.717, 1.165) is 26.6 Å². The number of hydrogen-bond donors (Lipinski definition) is 0. The van der Waals surface area contributed by atoms with Crippen molar-refractivity contribution in [3.8, 4) is 0 Å². The van der Waals surface area contributed by atoms with Gasteiger partial charge in [0.2, 0.25) is 0 Å². The zero-order valence-corrected chi connectivity index (χ0v) is 22.8. The van der Waals surface area contributed by atoms with E-state index >= 15 is 0 Å². The molecule has 1 unspecified atom stereocenters. The number of fused-ring (bicyclic) bond motifs is 1. The Morgan fingerprint density at radius 2 is 1.50 bits per heavy atom. The minimum absolute atomic E-state index is 0.205. The molecule has 0 saturated heterocycles. The molecule has 0 amide bonds. The molecule has 7 heteroatoms. The highest BCUT2D eigenvalue weighted by Crippen LogP contribution is 2.65. The normalized spacial score (nSPS) is 14.0. The molecule has 0 fully saturated rings. The Morgan fingerprint density at radius 3 is 2.03 bits per heavy atom. The Labute approximate surface area is 206 Å². The molecule has 3 rings (SSSR count). The van der Waals surface area contributed by atoms with Crippen molar-refractivity contribution in [1.29, 1.82) is 0 Å². The van der Waals surface area contributed by atoms with E-state index in [1.165, 1.54) is 12.1 Å². The van der Waals surface area contributed by atoms with Gasteiger partial charge in [-0.15, -0.1) is 11.3 Å². The van der Waals surface area contributed by atoms with Gasteiger partial charge in [-0.3, -0.25) is 4.57 Å². The number of rotatable bonds is 8. The van der Waals surface area contributed by atoms with E-state index in [1.807, 2.05) is 72.7 Å². The lowest BCUT2D eigenvalue weighted by molar-refractivity contribution is 0.118. The van der Waals surface area contributed by atoms with Gasteiger partial charge in [0, 0.05) is 9.58 Å². The first kappa shape index (κ1) is 27.0. The van der Waals surface area contributed by atoms with Crippen LogP contribution in [0.25, 0.3) is 10.1 Å². The summed E-state index contributed by atoms with van der Waals surface area (Å²) >= 11 is 1.55. The van der Waals surface area contributed by atoms with E-state index in [-0.39, 0.29) is 30.5 Å². The van der Waals surface area contributed by atoms with Gasteiger partial charge in [-0.2, -0.15) is 0 Å². The summed E-state index contributed by atoms with van der Waals surface area (Å²) in [7, 11) is -3.72. The van der Waals surface area contributed by atoms with Crippen molar-refractivity contribution < 1.29 is 22.4 Å². The van der Waals surface area contributed by atoms with Gasteiger partial charge < -0.3 is 9.05 Å². The summed E-state index contributed by atoms with van der Waals surface area (Å²) in [6.45, 7) is 14.6. The monoisotopic (exact) mass is 508 g/mol. The van der Waals surface area contributed by atoms with Crippen LogP contribution in [0.3, 0.4) is 0 Å². The molecule has 3 nitrogen and oxygen atoms in total. The van der Waals surface area contributed by atoms with E-state index in [4.69, 9.17) is 9.05 Å². The van der Waals surface area contributed by atoms with Crippen LogP contribution in [0.15, 0.2) is 42.5 Å². The third-order valence-corrected chi connectivity index (χ3v) is 9.08. The number of hydrogen-bond acceptors (Lipinski definition) is 4. The molecule has 0 aliphatic rings. The van der Waals surface area contributed by atoms with Crippen molar-refractivity contribution >= 4 is 29.0 Å². The molecule has 0 bridgehead atoms. The predicted octanol–water partition coefficient (Wildman–Crippen LogP) is 9.09. The van der Waals surface area contributed by atoms with Gasteiger partial charge in [0.1, 0.15) is 0 Å². The Kier molecular flexibility index (Phi) is 8.09. The second-order valence-electron chi connectivity index (χ2n) is 11.3. The zero-order chi connectivity index (χ0) is 25.3. The molecule has 0 aliphatic heterocycles. The summed E-state index contributed by atoms with van der Waals surface area (Å²) in [5.41, 5.74) is 0.427. The van der Waals surface area contributed by atoms with Crippen molar-refractivity contribution in [1.82, 2.24) is 0 Å². The summed E-state index contributed by atoms with van der Waals surface area (Å²) in [6, 6.07) is 11.8. The molecule has 1 aromatic heterocycles. The quantitative estimate of drug-likeness (QED) is 0.285. The number of benzene rings is 2. The lowest BCUT2D eigenvalue weighted by atomic mass is 9.99. The van der Waals surface area contributed by atoms with E-state index in [9.17, 15) is 13.3 Å². The lowest BCUT2D eigenvalue weighted by Gasteiger charge is -2.32. The van der Waals surface area contributed by atoms with Crippen LogP contribution in [-0.2, 0) is 20.0 Å². The fraction of sp³-hybridized carbons (Fsp3) is 0.481. The summed E-state index contributed by atoms with van der Waals surface area (Å²) in [5.74, 6) is -1.83. The zero-order valence-electron chi connectivity index (χ0n) is 21.1. The van der Waals surface area contributed by atoms with Crippen molar-refractivity contribution in [2.24, 2.45) is 10.8 Å². The van der Waals surface area contributed by atoms with Crippen LogP contribution in [0, 0.1) is 29.4 Å². The van der Waals surface area contributed by atoms with Gasteiger partial charge in [-0.25, -0.2) is 8.78 Å². The largest absolute Gasteiger partial charge is 0.339 e. The Morgan fingerprint density at radius 1 is 0.912 bits per heavy atom. The highest BCUT2D eigenvalue weighted by Gasteiger charge is 2.41. The van der Waals surface area contributed by atoms with Crippen molar-refractivity contribution in [3.63, 3.8) is 0 Å². The van der Waals surface area contributed by atoms with Gasteiger partial charge in [0.25, 0.3) is 0 Å². The maximum absolute atomic E-state index is 14.6. The first-order valence-corrected chi connectivity index (χ1v) is 13.9. The summed E-state index contributed by atoms with van der Waals surface area (Å²) in [6.07, 6.45) is 0.205. The van der Waals surface area contributed by atoms with Crippen molar-refractivity contribution in [2.75, 3.05) is 13.2 Å². The van der Waals surface area contributed by atoms with Crippen LogP contribution in [0.5, 0.6) is 0 Å². The van der Waals surface area contributed by atoms with E-state index in [1.54, 1.807) is 11.3 Å². The van der Waals surface area contributed by atoms with E-state index < -0.39 is 24.9 Å². The van der Waals surface area contributed by atoms with Gasteiger partial charge >= 0.3 is 7.60 Å². The number of halogens is 2. The molecule has 0 radical (unpaired) electrons. The SMILES string of the molecule is Cc1c(C(Cc2ccc(F)c(F)c2)P(=O)(OCC(C)(C)C)OCC(C)(C)C)sc2ccccc12. The Hall–Kier alpha value is -1.59. The molecule has 0 spiro atoms. The fourth-order valence-electron chi connectivity index (χ4n) is 3.53. The van der Waals surface area contributed by atoms with Crippen LogP contribution >= 0.6 is 18.9 Å². The standard InChI is InChI=1S/C27H35F2O3PS/c1-18-20-10-8-9-11-24(20)34-25(18)23(15-19-12-13-21(28)22(29)14-19)33(30,31-16-26(2,3)4)32-17-27(5,6)7/h8-14,23H,15-17H2,1-7H3. The minimum Gasteiger partial charge on any atom is -0.308 e. The highest BCUT2D eigenvalue weighted by molar-refractivity contribution is 7.54. The van der Waals surface area contributed by atoms with Gasteiger partial charge in [0.15, 0.2) is 11.6 Å². The molecule has 3 aromatic rings. The molecule has 1 heterocycles. The van der Waals surface area contributed by atoms with Crippen molar-refractivity contribution in [3.05, 3.63) is 70.1 Å². The van der Waals surface area contributed by atoms with Crippen LogP contribution < -0.4 is 0 Å². The van der Waals surface area contributed by atoms with Crippen LogP contribution in [0.2, 0.25) is 0 Å².